The summed E-state index contributed by atoms with van der Waals surface area (Å²) < 4.78 is 5.48. The van der Waals surface area contributed by atoms with Crippen LogP contribution in [0, 0.1) is 23.7 Å². The van der Waals surface area contributed by atoms with Gasteiger partial charge in [-0.15, -0.1) is 0 Å². The molecule has 3 heteroatoms. The van der Waals surface area contributed by atoms with Crippen LogP contribution in [0.4, 0.5) is 0 Å². The molecule has 0 unspecified atom stereocenters. The number of hydrogen-bond donors (Lipinski definition) is 0. The summed E-state index contributed by atoms with van der Waals surface area (Å²) in [6.45, 7) is 1.84. The van der Waals surface area contributed by atoms with Crippen LogP contribution in [0.25, 0.3) is 11.1 Å². The average molecular weight is 212 g/mol. The summed E-state index contributed by atoms with van der Waals surface area (Å²) in [6, 6.07) is 8.42. The number of rotatable bonds is 2. The van der Waals surface area contributed by atoms with Crippen LogP contribution in [0.5, 0.6) is 0 Å². The normalized spacial score (nSPS) is 17.2. The maximum Gasteiger partial charge on any atom is 0.192 e. The molecule has 0 saturated heterocycles. The monoisotopic (exact) mass is 212 g/mol. The molecule has 2 aromatic rings. The van der Waals surface area contributed by atoms with Gasteiger partial charge in [-0.3, -0.25) is 0 Å². The van der Waals surface area contributed by atoms with E-state index >= 15 is 0 Å². The van der Waals surface area contributed by atoms with Crippen LogP contribution in [0.1, 0.15) is 24.3 Å². The minimum Gasteiger partial charge on any atom is -0.441 e. The van der Waals surface area contributed by atoms with Crippen LogP contribution >= 0.6 is 0 Å². The molecule has 3 nitrogen and oxygen atoms in total. The first kappa shape index (κ1) is 9.41. The first-order chi connectivity index (χ1) is 7.71. The van der Waals surface area contributed by atoms with Gasteiger partial charge in [-0.05, 0) is 37.0 Å². The largest absolute Gasteiger partial charge is 0.441 e. The van der Waals surface area contributed by atoms with E-state index in [9.17, 15) is 0 Å². The number of fused-ring (bicyclic) bond motifs is 1. The maximum absolute atomic E-state index is 9.05. The molecule has 0 amide bonds. The van der Waals surface area contributed by atoms with Gasteiger partial charge in [-0.25, -0.2) is 4.98 Å². The lowest BCUT2D eigenvalue weighted by Crippen LogP contribution is -2.00. The molecule has 0 bridgehead atoms. The number of aryl methyl sites for hydroxylation is 1. The molecule has 0 spiro atoms. The minimum absolute atomic E-state index is 0.0945. The Bertz CT molecular complexity index is 587. The van der Waals surface area contributed by atoms with Crippen LogP contribution in [-0.2, 0) is 6.42 Å². The molecule has 1 saturated carbocycles. The van der Waals surface area contributed by atoms with Crippen LogP contribution in [-0.4, -0.2) is 4.98 Å². The van der Waals surface area contributed by atoms with Crippen LogP contribution in [0.3, 0.4) is 0 Å². The molecule has 0 atom stereocenters. The van der Waals surface area contributed by atoms with Gasteiger partial charge in [-0.2, -0.15) is 5.26 Å². The molecule has 0 radical (unpaired) electrons. The zero-order valence-corrected chi connectivity index (χ0v) is 9.16. The summed E-state index contributed by atoms with van der Waals surface area (Å²) in [5, 5.41) is 9.05. The highest BCUT2D eigenvalue weighted by Gasteiger charge is 2.42. The molecule has 1 aliphatic rings. The predicted molar refractivity (Wildman–Crippen MR) is 59.7 cm³/mol. The van der Waals surface area contributed by atoms with E-state index in [1.807, 2.05) is 25.1 Å². The Labute approximate surface area is 93.7 Å². The molecule has 1 fully saturated rings. The number of benzene rings is 1. The van der Waals surface area contributed by atoms with Crippen molar-refractivity contribution in [3.8, 4) is 6.07 Å². The van der Waals surface area contributed by atoms with Gasteiger partial charge in [0.1, 0.15) is 5.52 Å². The Morgan fingerprint density at radius 3 is 3.00 bits per heavy atom. The Hall–Kier alpha value is -1.82. The van der Waals surface area contributed by atoms with Crippen molar-refractivity contribution in [1.29, 1.82) is 5.26 Å². The lowest BCUT2D eigenvalue weighted by atomic mass is 9.98. The lowest BCUT2D eigenvalue weighted by molar-refractivity contribution is 0.560. The number of hydrogen-bond acceptors (Lipinski definition) is 3. The van der Waals surface area contributed by atoms with Crippen LogP contribution in [0.2, 0.25) is 0 Å². The zero-order chi connectivity index (χ0) is 11.2. The third kappa shape index (κ3) is 1.47. The quantitative estimate of drug-likeness (QED) is 0.768. The van der Waals surface area contributed by atoms with Crippen LogP contribution < -0.4 is 0 Å². The molecule has 1 aliphatic carbocycles. The van der Waals surface area contributed by atoms with Crippen LogP contribution in [0.15, 0.2) is 22.6 Å². The first-order valence-electron chi connectivity index (χ1n) is 5.48. The summed E-state index contributed by atoms with van der Waals surface area (Å²) in [5.41, 5.74) is 2.79. The zero-order valence-electron chi connectivity index (χ0n) is 9.16. The van der Waals surface area contributed by atoms with Crippen molar-refractivity contribution in [3.05, 3.63) is 29.7 Å². The van der Waals surface area contributed by atoms with Crippen molar-refractivity contribution in [3.63, 3.8) is 0 Å². The number of oxazole rings is 1. The topological polar surface area (TPSA) is 49.8 Å². The van der Waals surface area contributed by atoms with E-state index in [2.05, 4.69) is 11.1 Å². The van der Waals surface area contributed by atoms with Crippen molar-refractivity contribution >= 4 is 11.1 Å². The van der Waals surface area contributed by atoms with E-state index in [-0.39, 0.29) is 5.41 Å². The smallest absolute Gasteiger partial charge is 0.192 e. The number of nitriles is 1. The van der Waals surface area contributed by atoms with E-state index in [4.69, 9.17) is 9.68 Å². The average Bonchev–Trinajstić information content (AvgIpc) is 2.93. The van der Waals surface area contributed by atoms with Gasteiger partial charge in [-0.1, -0.05) is 6.07 Å². The second-order valence-electron chi connectivity index (χ2n) is 4.60. The lowest BCUT2D eigenvalue weighted by Gasteiger charge is -2.04. The third-order valence-electron chi connectivity index (χ3n) is 3.19. The van der Waals surface area contributed by atoms with Crippen molar-refractivity contribution in [2.75, 3.05) is 0 Å². The molecular weight excluding hydrogens is 200 g/mol. The van der Waals surface area contributed by atoms with E-state index in [1.54, 1.807) is 0 Å². The highest BCUT2D eigenvalue weighted by atomic mass is 16.3. The van der Waals surface area contributed by atoms with Gasteiger partial charge in [0.25, 0.3) is 0 Å². The molecular formula is C13H12N2O. The summed E-state index contributed by atoms with van der Waals surface area (Å²) in [5.74, 6) is 0.688. The van der Waals surface area contributed by atoms with Crippen molar-refractivity contribution < 1.29 is 4.42 Å². The molecule has 16 heavy (non-hydrogen) atoms. The second-order valence-corrected chi connectivity index (χ2v) is 4.60. The Balaban J connectivity index is 1.96. The molecule has 1 aromatic carbocycles. The molecule has 3 rings (SSSR count). The summed E-state index contributed by atoms with van der Waals surface area (Å²) in [7, 11) is 0. The molecule has 1 heterocycles. The fraction of sp³-hybridized carbons (Fsp3) is 0.385. The number of aromatic nitrogens is 1. The fourth-order valence-electron chi connectivity index (χ4n) is 2.06. The van der Waals surface area contributed by atoms with Gasteiger partial charge in [0.15, 0.2) is 11.5 Å². The standard InChI is InChI=1S/C13H12N2O/c1-9-15-11-3-2-10(6-12(11)16-9)7-13(8-14)4-5-13/h2-3,6H,4-5,7H2,1H3. The second kappa shape index (κ2) is 3.08. The van der Waals surface area contributed by atoms with Crippen molar-refractivity contribution in [1.82, 2.24) is 4.98 Å². The molecule has 1 aromatic heterocycles. The third-order valence-corrected chi connectivity index (χ3v) is 3.19. The molecule has 0 aliphatic heterocycles. The highest BCUT2D eigenvalue weighted by Crippen LogP contribution is 2.47. The SMILES string of the molecule is Cc1nc2ccc(CC3(C#N)CC3)cc2o1. The van der Waals surface area contributed by atoms with E-state index < -0.39 is 0 Å². The molecule has 80 valence electrons. The van der Waals surface area contributed by atoms with Gasteiger partial charge in [0.05, 0.1) is 11.5 Å². The fourth-order valence-corrected chi connectivity index (χ4v) is 2.06. The molecule has 0 N–H and O–H groups in total. The predicted octanol–water partition coefficient (Wildman–Crippen LogP) is 2.98. The van der Waals surface area contributed by atoms with Crippen molar-refractivity contribution in [2.45, 2.75) is 26.2 Å². The summed E-state index contributed by atoms with van der Waals surface area (Å²) >= 11 is 0. The van der Waals surface area contributed by atoms with Gasteiger partial charge < -0.3 is 4.42 Å². The maximum atomic E-state index is 9.05. The minimum atomic E-state index is -0.0945. The van der Waals surface area contributed by atoms with E-state index in [0.29, 0.717) is 5.89 Å². The van der Waals surface area contributed by atoms with E-state index in [1.165, 1.54) is 5.56 Å². The summed E-state index contributed by atoms with van der Waals surface area (Å²) in [4.78, 5) is 4.25. The van der Waals surface area contributed by atoms with Crippen molar-refractivity contribution in [2.24, 2.45) is 5.41 Å². The van der Waals surface area contributed by atoms with Gasteiger partial charge >= 0.3 is 0 Å². The van der Waals surface area contributed by atoms with E-state index in [0.717, 1.165) is 30.4 Å². The Morgan fingerprint density at radius 1 is 1.50 bits per heavy atom. The van der Waals surface area contributed by atoms with Gasteiger partial charge in [0, 0.05) is 6.92 Å². The number of nitrogens with zero attached hydrogens (tertiary/aromatic N) is 2. The van der Waals surface area contributed by atoms with Gasteiger partial charge in [0.2, 0.25) is 0 Å². The first-order valence-corrected chi connectivity index (χ1v) is 5.48. The highest BCUT2D eigenvalue weighted by molar-refractivity contribution is 5.73. The Kier molecular flexibility index (Phi) is 1.81. The Morgan fingerprint density at radius 2 is 2.31 bits per heavy atom. The summed E-state index contributed by atoms with van der Waals surface area (Å²) in [6.07, 6.45) is 2.88.